The Hall–Kier alpha value is -3.02. The molecule has 1 aliphatic rings. The molecule has 1 aliphatic heterocycles. The van der Waals surface area contributed by atoms with Gasteiger partial charge < -0.3 is 19.2 Å². The Morgan fingerprint density at radius 3 is 2.85 bits per heavy atom. The second-order valence-corrected chi connectivity index (χ2v) is 7.08. The predicted octanol–water partition coefficient (Wildman–Crippen LogP) is 3.16. The molecule has 1 saturated heterocycles. The number of nitrogens with zero attached hydrogens (tertiary/aromatic N) is 2. The number of carbonyl (C=O) groups is 1. The summed E-state index contributed by atoms with van der Waals surface area (Å²) in [6, 6.07) is 7.76. The second kappa shape index (κ2) is 6.61. The van der Waals surface area contributed by atoms with Crippen LogP contribution in [-0.4, -0.2) is 34.0 Å². The number of rotatable bonds is 3. The maximum Gasteiger partial charge on any atom is 0.260 e. The Labute approximate surface area is 157 Å². The summed E-state index contributed by atoms with van der Waals surface area (Å²) in [7, 11) is 3.36. The quantitative estimate of drug-likeness (QED) is 0.775. The number of aromatic nitrogens is 2. The number of methoxy groups -OCH3 is 1. The minimum absolute atomic E-state index is 0.0488. The number of carbonyl (C=O) groups excluding carboxylic acids is 1. The summed E-state index contributed by atoms with van der Waals surface area (Å²) in [6.45, 7) is 2.60. The molecule has 2 aromatic heterocycles. The number of para-hydroxylation sites is 1. The molecule has 1 amide bonds. The molecule has 6 nitrogen and oxygen atoms in total. The summed E-state index contributed by atoms with van der Waals surface area (Å²) in [5.41, 5.74) is 2.96. The van der Waals surface area contributed by atoms with Gasteiger partial charge in [0, 0.05) is 31.5 Å². The Kier molecular flexibility index (Phi) is 4.26. The summed E-state index contributed by atoms with van der Waals surface area (Å²) in [5, 5.41) is 0.466. The zero-order chi connectivity index (χ0) is 19.1. The van der Waals surface area contributed by atoms with E-state index in [-0.39, 0.29) is 17.5 Å². The van der Waals surface area contributed by atoms with Gasteiger partial charge in [0.25, 0.3) is 11.5 Å². The fourth-order valence-corrected chi connectivity index (χ4v) is 4.14. The molecule has 6 heteroatoms. The van der Waals surface area contributed by atoms with Crippen LogP contribution >= 0.6 is 0 Å². The molecule has 0 spiro atoms. The van der Waals surface area contributed by atoms with Gasteiger partial charge in [-0.1, -0.05) is 18.2 Å². The summed E-state index contributed by atoms with van der Waals surface area (Å²) in [5.74, 6) is 0.672. The largest absolute Gasteiger partial charge is 0.496 e. The lowest BCUT2D eigenvalue weighted by molar-refractivity contribution is 0.0736. The van der Waals surface area contributed by atoms with Crippen LogP contribution < -0.4 is 10.3 Å². The molecule has 0 radical (unpaired) electrons. The number of hydrogen-bond donors (Lipinski definition) is 1. The molecule has 1 unspecified atom stereocenters. The van der Waals surface area contributed by atoms with Gasteiger partial charge in [0.05, 0.1) is 29.6 Å². The zero-order valence-electron chi connectivity index (χ0n) is 15.8. The van der Waals surface area contributed by atoms with Crippen molar-refractivity contribution in [3.05, 3.63) is 63.7 Å². The van der Waals surface area contributed by atoms with Crippen LogP contribution in [0.2, 0.25) is 0 Å². The van der Waals surface area contributed by atoms with Crippen LogP contribution in [-0.2, 0) is 7.05 Å². The first-order valence-electron chi connectivity index (χ1n) is 9.14. The molecular formula is C21H23N3O3. The predicted molar refractivity (Wildman–Crippen MR) is 104 cm³/mol. The van der Waals surface area contributed by atoms with Gasteiger partial charge in [0.2, 0.25) is 0 Å². The molecular weight excluding hydrogens is 342 g/mol. The van der Waals surface area contributed by atoms with Gasteiger partial charge in [0.15, 0.2) is 0 Å². The number of likely N-dealkylation sites (tertiary alicyclic amines) is 1. The van der Waals surface area contributed by atoms with Crippen molar-refractivity contribution >= 4 is 16.8 Å². The van der Waals surface area contributed by atoms with E-state index in [9.17, 15) is 9.59 Å². The molecule has 0 aliphatic carbocycles. The lowest BCUT2D eigenvalue weighted by Gasteiger charge is -2.26. The van der Waals surface area contributed by atoms with Crippen LogP contribution in [0.3, 0.4) is 0 Å². The van der Waals surface area contributed by atoms with Crippen LogP contribution in [0.25, 0.3) is 10.9 Å². The molecule has 3 aromatic rings. The Bertz CT molecular complexity index is 1080. The van der Waals surface area contributed by atoms with Gasteiger partial charge in [-0.2, -0.15) is 0 Å². The number of hydrogen-bond acceptors (Lipinski definition) is 3. The minimum Gasteiger partial charge on any atom is -0.496 e. The van der Waals surface area contributed by atoms with Gasteiger partial charge in [-0.05, 0) is 31.4 Å². The van der Waals surface area contributed by atoms with Crippen molar-refractivity contribution in [3.63, 3.8) is 0 Å². The average molecular weight is 365 g/mol. The monoisotopic (exact) mass is 365 g/mol. The molecule has 1 aromatic carbocycles. The minimum atomic E-state index is -0.159. The molecule has 0 saturated carbocycles. The first kappa shape index (κ1) is 17.4. The highest BCUT2D eigenvalue weighted by Crippen LogP contribution is 2.38. The Balaban J connectivity index is 1.79. The summed E-state index contributed by atoms with van der Waals surface area (Å²) >= 11 is 0. The smallest absolute Gasteiger partial charge is 0.260 e. The third-order valence-corrected chi connectivity index (χ3v) is 5.44. The highest BCUT2D eigenvalue weighted by Gasteiger charge is 2.33. The number of amides is 1. The fraction of sp³-hybridized carbons (Fsp3) is 0.333. The van der Waals surface area contributed by atoms with Gasteiger partial charge in [0.1, 0.15) is 5.75 Å². The molecule has 4 rings (SSSR count). The van der Waals surface area contributed by atoms with Crippen molar-refractivity contribution in [3.8, 4) is 5.75 Å². The first-order valence-corrected chi connectivity index (χ1v) is 9.14. The lowest BCUT2D eigenvalue weighted by atomic mass is 10.0. The normalized spacial score (nSPS) is 16.9. The maximum absolute atomic E-state index is 13.4. The number of pyridine rings is 1. The number of fused-ring (bicyclic) bond motifs is 1. The van der Waals surface area contributed by atoms with Crippen molar-refractivity contribution in [2.75, 3.05) is 13.7 Å². The molecule has 140 valence electrons. The number of aryl methyl sites for hydroxylation is 2. The van der Waals surface area contributed by atoms with E-state index in [1.807, 2.05) is 36.1 Å². The van der Waals surface area contributed by atoms with Gasteiger partial charge in [-0.25, -0.2) is 0 Å². The summed E-state index contributed by atoms with van der Waals surface area (Å²) in [4.78, 5) is 31.1. The highest BCUT2D eigenvalue weighted by molar-refractivity contribution is 6.07. The van der Waals surface area contributed by atoms with Crippen molar-refractivity contribution < 1.29 is 9.53 Å². The van der Waals surface area contributed by atoms with E-state index in [0.717, 1.165) is 35.2 Å². The molecule has 1 fully saturated rings. The second-order valence-electron chi connectivity index (χ2n) is 7.08. The van der Waals surface area contributed by atoms with Crippen LogP contribution in [0.1, 0.15) is 40.4 Å². The van der Waals surface area contributed by atoms with E-state index in [1.165, 1.54) is 4.57 Å². The van der Waals surface area contributed by atoms with Crippen molar-refractivity contribution in [2.24, 2.45) is 7.05 Å². The van der Waals surface area contributed by atoms with Crippen LogP contribution in [0.5, 0.6) is 5.75 Å². The summed E-state index contributed by atoms with van der Waals surface area (Å²) in [6.07, 6.45) is 5.25. The maximum atomic E-state index is 13.4. The highest BCUT2D eigenvalue weighted by atomic mass is 16.5. The van der Waals surface area contributed by atoms with Crippen molar-refractivity contribution in [2.45, 2.75) is 25.8 Å². The van der Waals surface area contributed by atoms with E-state index >= 15 is 0 Å². The zero-order valence-corrected chi connectivity index (χ0v) is 15.8. The van der Waals surface area contributed by atoms with E-state index in [1.54, 1.807) is 26.6 Å². The number of aromatic amines is 1. The molecule has 3 heterocycles. The standard InChI is InChI=1S/C21H23N3O3/c1-13-12-23(2)21(26)18-15(11-22-19(13)18)20(25)24-10-6-8-16(24)14-7-4-5-9-17(14)27-3/h4-5,7,9,11-12,16,22H,6,8,10H2,1-3H3. The number of H-pyrrole nitrogens is 1. The Morgan fingerprint density at radius 2 is 2.07 bits per heavy atom. The lowest BCUT2D eigenvalue weighted by Crippen LogP contribution is -2.31. The molecule has 1 atom stereocenters. The van der Waals surface area contributed by atoms with Crippen LogP contribution in [0, 0.1) is 6.92 Å². The molecule has 0 bridgehead atoms. The van der Waals surface area contributed by atoms with E-state index in [4.69, 9.17) is 4.74 Å². The first-order chi connectivity index (χ1) is 13.0. The van der Waals surface area contributed by atoms with Crippen molar-refractivity contribution in [1.82, 2.24) is 14.5 Å². The third-order valence-electron chi connectivity index (χ3n) is 5.44. The van der Waals surface area contributed by atoms with Crippen LogP contribution in [0.15, 0.2) is 41.5 Å². The van der Waals surface area contributed by atoms with Gasteiger partial charge >= 0.3 is 0 Å². The van der Waals surface area contributed by atoms with Crippen LogP contribution in [0.4, 0.5) is 0 Å². The Morgan fingerprint density at radius 1 is 1.30 bits per heavy atom. The van der Waals surface area contributed by atoms with E-state index < -0.39 is 0 Å². The number of benzene rings is 1. The molecule has 1 N–H and O–H groups in total. The number of nitrogens with one attached hydrogen (secondary N) is 1. The van der Waals surface area contributed by atoms with Crippen molar-refractivity contribution in [1.29, 1.82) is 0 Å². The SMILES string of the molecule is COc1ccccc1C1CCCN1C(=O)c1c[nH]c2c(C)cn(C)c(=O)c12. The topological polar surface area (TPSA) is 67.3 Å². The van der Waals surface area contributed by atoms with E-state index in [2.05, 4.69) is 4.98 Å². The average Bonchev–Trinajstić information content (AvgIpc) is 3.33. The van der Waals surface area contributed by atoms with Gasteiger partial charge in [-0.3, -0.25) is 9.59 Å². The number of ether oxygens (including phenoxy) is 1. The molecule has 27 heavy (non-hydrogen) atoms. The third kappa shape index (κ3) is 2.72. The summed E-state index contributed by atoms with van der Waals surface area (Å²) < 4.78 is 7.03. The van der Waals surface area contributed by atoms with E-state index in [0.29, 0.717) is 17.5 Å². The fourth-order valence-electron chi connectivity index (χ4n) is 4.14. The van der Waals surface area contributed by atoms with Gasteiger partial charge in [-0.15, -0.1) is 0 Å².